The molecule has 1 aliphatic rings. The highest BCUT2D eigenvalue weighted by atomic mass is 32.2. The van der Waals surface area contributed by atoms with E-state index in [1.54, 1.807) is 6.08 Å². The van der Waals surface area contributed by atoms with Crippen molar-refractivity contribution in [1.29, 1.82) is 0 Å². The summed E-state index contributed by atoms with van der Waals surface area (Å²) in [5.74, 6) is -1.34. The minimum Gasteiger partial charge on any atom is -0.434 e. The second-order valence-electron chi connectivity index (χ2n) is 5.87. The molecule has 0 spiro atoms. The molecular weight excluding hydrogens is 402 g/mol. The van der Waals surface area contributed by atoms with Crippen molar-refractivity contribution in [2.24, 2.45) is 0 Å². The molecule has 0 aromatic heterocycles. The van der Waals surface area contributed by atoms with Crippen molar-refractivity contribution in [3.63, 3.8) is 0 Å². The molecule has 1 saturated heterocycles. The number of benzene rings is 2. The number of carbonyl (C=O) groups excluding carboxylic acids is 3. The molecule has 2 aromatic carbocycles. The number of thioether (sulfide) groups is 1. The van der Waals surface area contributed by atoms with Crippen molar-refractivity contribution in [1.82, 2.24) is 10.2 Å². The largest absolute Gasteiger partial charge is 0.434 e. The zero-order valence-electron chi connectivity index (χ0n) is 15.0. The molecule has 1 N–H and O–H groups in total. The lowest BCUT2D eigenvalue weighted by Gasteiger charge is -2.14. The van der Waals surface area contributed by atoms with Crippen LogP contribution in [0, 0.1) is 0 Å². The quantitative estimate of drug-likeness (QED) is 0.693. The summed E-state index contributed by atoms with van der Waals surface area (Å²) >= 11 is 0.824. The molecule has 3 rings (SSSR count). The Balaban J connectivity index is 1.59. The predicted octanol–water partition coefficient (Wildman–Crippen LogP) is 3.75. The number of halogens is 2. The van der Waals surface area contributed by atoms with E-state index in [-0.39, 0.29) is 24.4 Å². The van der Waals surface area contributed by atoms with Gasteiger partial charge < -0.3 is 10.1 Å². The van der Waals surface area contributed by atoms with Crippen LogP contribution >= 0.6 is 11.8 Å². The normalized spacial score (nSPS) is 15.3. The van der Waals surface area contributed by atoms with Gasteiger partial charge in [0.1, 0.15) is 5.75 Å². The smallest absolute Gasteiger partial charge is 0.387 e. The summed E-state index contributed by atoms with van der Waals surface area (Å²) in [6.07, 6.45) is 1.63. The molecule has 9 heteroatoms. The van der Waals surface area contributed by atoms with Gasteiger partial charge in [0.05, 0.1) is 10.5 Å². The van der Waals surface area contributed by atoms with Crippen LogP contribution in [0.1, 0.15) is 15.9 Å². The summed E-state index contributed by atoms with van der Waals surface area (Å²) in [6, 6.07) is 14.7. The highest BCUT2D eigenvalue weighted by molar-refractivity contribution is 8.18. The van der Waals surface area contributed by atoms with Gasteiger partial charge in [0, 0.05) is 13.1 Å². The SMILES string of the molecule is O=C(NCCN1C(=O)S/C(=C\c2ccccc2)C1=O)c1ccccc1OC(F)F. The van der Waals surface area contributed by atoms with Gasteiger partial charge in [-0.3, -0.25) is 19.3 Å². The molecule has 0 aliphatic carbocycles. The minimum absolute atomic E-state index is 0.0293. The van der Waals surface area contributed by atoms with Crippen LogP contribution in [-0.2, 0) is 4.79 Å². The second-order valence-corrected chi connectivity index (χ2v) is 6.87. The Morgan fingerprint density at radius 1 is 1.10 bits per heavy atom. The van der Waals surface area contributed by atoms with Crippen LogP contribution in [0.15, 0.2) is 59.5 Å². The Bertz CT molecular complexity index is 951. The second kappa shape index (κ2) is 9.33. The lowest BCUT2D eigenvalue weighted by Crippen LogP contribution is -2.37. The van der Waals surface area contributed by atoms with Crippen LogP contribution in [-0.4, -0.2) is 41.7 Å². The summed E-state index contributed by atoms with van der Waals surface area (Å²) in [7, 11) is 0. The van der Waals surface area contributed by atoms with Gasteiger partial charge in [-0.25, -0.2) is 0 Å². The number of hydrogen-bond acceptors (Lipinski definition) is 5. The Morgan fingerprint density at radius 2 is 1.79 bits per heavy atom. The molecule has 0 saturated carbocycles. The molecule has 0 atom stereocenters. The van der Waals surface area contributed by atoms with Crippen LogP contribution in [0.5, 0.6) is 5.75 Å². The summed E-state index contributed by atoms with van der Waals surface area (Å²) in [6.45, 7) is -3.13. The topological polar surface area (TPSA) is 75.7 Å². The van der Waals surface area contributed by atoms with Crippen molar-refractivity contribution >= 4 is 34.9 Å². The standard InChI is InChI=1S/C20H16F2N2O4S/c21-19(22)28-15-9-5-4-8-14(15)17(25)23-10-11-24-18(26)16(29-20(24)27)12-13-6-2-1-3-7-13/h1-9,12,19H,10-11H2,(H,23,25)/b16-12-. The molecule has 0 radical (unpaired) electrons. The van der Waals surface area contributed by atoms with E-state index >= 15 is 0 Å². The van der Waals surface area contributed by atoms with Crippen molar-refractivity contribution in [2.45, 2.75) is 6.61 Å². The maximum atomic E-state index is 12.5. The average molecular weight is 418 g/mol. The van der Waals surface area contributed by atoms with Gasteiger partial charge in [0.25, 0.3) is 17.1 Å². The van der Waals surface area contributed by atoms with Crippen LogP contribution in [0.4, 0.5) is 13.6 Å². The van der Waals surface area contributed by atoms with E-state index in [0.717, 1.165) is 22.2 Å². The lowest BCUT2D eigenvalue weighted by atomic mass is 10.2. The molecule has 150 valence electrons. The Hall–Kier alpha value is -3.20. The number of nitrogens with one attached hydrogen (secondary N) is 1. The van der Waals surface area contributed by atoms with E-state index in [2.05, 4.69) is 10.1 Å². The Morgan fingerprint density at radius 3 is 2.52 bits per heavy atom. The molecule has 3 amide bonds. The van der Waals surface area contributed by atoms with E-state index in [4.69, 9.17) is 0 Å². The van der Waals surface area contributed by atoms with Gasteiger partial charge in [-0.15, -0.1) is 0 Å². The number of nitrogens with zero attached hydrogens (tertiary/aromatic N) is 1. The highest BCUT2D eigenvalue weighted by Gasteiger charge is 2.34. The van der Waals surface area contributed by atoms with Crippen LogP contribution in [0.3, 0.4) is 0 Å². The first-order valence-electron chi connectivity index (χ1n) is 8.58. The number of carbonyl (C=O) groups is 3. The van der Waals surface area contributed by atoms with Crippen LogP contribution in [0.2, 0.25) is 0 Å². The van der Waals surface area contributed by atoms with Crippen molar-refractivity contribution in [2.75, 3.05) is 13.1 Å². The number of hydrogen-bond donors (Lipinski definition) is 1. The summed E-state index contributed by atoms with van der Waals surface area (Å²) < 4.78 is 29.2. The fourth-order valence-corrected chi connectivity index (χ4v) is 3.49. The summed E-state index contributed by atoms with van der Waals surface area (Å²) in [5.41, 5.74) is 0.729. The maximum absolute atomic E-state index is 12.5. The van der Waals surface area contributed by atoms with Crippen molar-refractivity contribution in [3.8, 4) is 5.75 Å². The molecule has 29 heavy (non-hydrogen) atoms. The molecule has 1 aliphatic heterocycles. The molecule has 0 bridgehead atoms. The third-order valence-corrected chi connectivity index (χ3v) is 4.85. The van der Waals surface area contributed by atoms with Gasteiger partial charge in [-0.1, -0.05) is 42.5 Å². The van der Waals surface area contributed by atoms with Gasteiger partial charge in [-0.2, -0.15) is 8.78 Å². The fraction of sp³-hybridized carbons (Fsp3) is 0.150. The van der Waals surface area contributed by atoms with Crippen LogP contribution < -0.4 is 10.1 Å². The lowest BCUT2D eigenvalue weighted by molar-refractivity contribution is -0.122. The third-order valence-electron chi connectivity index (χ3n) is 3.94. The minimum atomic E-state index is -3.06. The first kappa shape index (κ1) is 20.5. The zero-order valence-corrected chi connectivity index (χ0v) is 15.8. The van der Waals surface area contributed by atoms with E-state index in [1.807, 2.05) is 30.3 Å². The van der Waals surface area contributed by atoms with Crippen molar-refractivity contribution < 1.29 is 27.9 Å². The number of imide groups is 1. The van der Waals surface area contributed by atoms with Crippen LogP contribution in [0.25, 0.3) is 6.08 Å². The van der Waals surface area contributed by atoms with Crippen molar-refractivity contribution in [3.05, 3.63) is 70.6 Å². The monoisotopic (exact) mass is 418 g/mol. The number of ether oxygens (including phenoxy) is 1. The molecular formula is C20H16F2N2O4S. The Labute approximate surface area is 169 Å². The predicted molar refractivity (Wildman–Crippen MR) is 105 cm³/mol. The van der Waals surface area contributed by atoms with Gasteiger partial charge in [0.15, 0.2) is 0 Å². The van der Waals surface area contributed by atoms with Gasteiger partial charge in [-0.05, 0) is 35.5 Å². The summed E-state index contributed by atoms with van der Waals surface area (Å²) in [4.78, 5) is 38.1. The van der Waals surface area contributed by atoms with E-state index in [0.29, 0.717) is 4.91 Å². The van der Waals surface area contributed by atoms with Gasteiger partial charge >= 0.3 is 6.61 Å². The van der Waals surface area contributed by atoms with E-state index in [9.17, 15) is 23.2 Å². The number of alkyl halides is 2. The molecule has 1 heterocycles. The molecule has 2 aromatic rings. The number of rotatable bonds is 7. The molecule has 0 unspecified atom stereocenters. The first-order chi connectivity index (χ1) is 14.0. The first-order valence-corrected chi connectivity index (χ1v) is 9.40. The highest BCUT2D eigenvalue weighted by Crippen LogP contribution is 2.31. The maximum Gasteiger partial charge on any atom is 0.387 e. The molecule has 6 nitrogen and oxygen atoms in total. The zero-order chi connectivity index (χ0) is 20.8. The van der Waals surface area contributed by atoms with E-state index in [1.165, 1.54) is 24.3 Å². The van der Waals surface area contributed by atoms with Gasteiger partial charge in [0.2, 0.25) is 0 Å². The average Bonchev–Trinajstić information content (AvgIpc) is 2.96. The van der Waals surface area contributed by atoms with E-state index < -0.39 is 23.7 Å². The Kier molecular flexibility index (Phi) is 6.61. The fourth-order valence-electron chi connectivity index (χ4n) is 2.62. The summed E-state index contributed by atoms with van der Waals surface area (Å²) in [5, 5.41) is 2.07. The number of amides is 3. The molecule has 1 fully saturated rings. The third kappa shape index (κ3) is 5.20. The number of para-hydroxylation sites is 1.